The molecule has 1 aromatic rings. The van der Waals surface area contributed by atoms with Crippen LogP contribution in [0.15, 0.2) is 22.7 Å². The van der Waals surface area contributed by atoms with E-state index in [-0.39, 0.29) is 0 Å². The molecular weight excluding hydrogens is 264 g/mol. The van der Waals surface area contributed by atoms with Crippen molar-refractivity contribution in [2.75, 3.05) is 17.2 Å². The average molecular weight is 283 g/mol. The fourth-order valence-electron chi connectivity index (χ4n) is 2.46. The first-order valence-electron chi connectivity index (χ1n) is 5.91. The number of nitrogens with two attached hydrogens (primary N) is 1. The van der Waals surface area contributed by atoms with Crippen molar-refractivity contribution in [2.24, 2.45) is 5.92 Å². The van der Waals surface area contributed by atoms with Gasteiger partial charge in [-0.1, -0.05) is 22.9 Å². The number of piperidine rings is 1. The normalized spacial score (nSPS) is 25.8. The Bertz CT molecular complexity index is 378. The van der Waals surface area contributed by atoms with E-state index in [9.17, 15) is 0 Å². The van der Waals surface area contributed by atoms with Gasteiger partial charge in [0.2, 0.25) is 0 Å². The van der Waals surface area contributed by atoms with Crippen molar-refractivity contribution in [2.45, 2.75) is 32.7 Å². The Hall–Kier alpha value is -0.700. The Kier molecular flexibility index (Phi) is 3.43. The molecule has 1 aromatic carbocycles. The van der Waals surface area contributed by atoms with Crippen LogP contribution in [-0.2, 0) is 0 Å². The van der Waals surface area contributed by atoms with E-state index in [4.69, 9.17) is 5.73 Å². The zero-order valence-corrected chi connectivity index (χ0v) is 11.5. The molecule has 0 radical (unpaired) electrons. The highest BCUT2D eigenvalue weighted by atomic mass is 79.9. The molecule has 0 spiro atoms. The van der Waals surface area contributed by atoms with Gasteiger partial charge in [-0.2, -0.15) is 0 Å². The highest BCUT2D eigenvalue weighted by Gasteiger charge is 2.25. The van der Waals surface area contributed by atoms with Crippen molar-refractivity contribution in [3.8, 4) is 0 Å². The predicted octanol–water partition coefficient (Wildman–Crippen LogP) is 3.66. The summed E-state index contributed by atoms with van der Waals surface area (Å²) in [4.78, 5) is 2.44. The number of anilines is 2. The maximum absolute atomic E-state index is 6.09. The molecule has 0 bridgehead atoms. The summed E-state index contributed by atoms with van der Waals surface area (Å²) in [5, 5.41) is 0. The molecule has 1 aliphatic rings. The molecule has 2 N–H and O–H groups in total. The van der Waals surface area contributed by atoms with Crippen molar-refractivity contribution in [1.82, 2.24) is 0 Å². The Morgan fingerprint density at radius 2 is 2.12 bits per heavy atom. The number of nitrogens with zero attached hydrogens (tertiary/aromatic N) is 1. The van der Waals surface area contributed by atoms with E-state index in [2.05, 4.69) is 46.8 Å². The molecule has 1 saturated heterocycles. The molecule has 1 fully saturated rings. The van der Waals surface area contributed by atoms with Crippen LogP contribution in [0.3, 0.4) is 0 Å². The van der Waals surface area contributed by atoms with Gasteiger partial charge in [0.25, 0.3) is 0 Å². The Labute approximate surface area is 106 Å². The van der Waals surface area contributed by atoms with E-state index in [1.54, 1.807) is 0 Å². The predicted molar refractivity (Wildman–Crippen MR) is 73.8 cm³/mol. The summed E-state index contributed by atoms with van der Waals surface area (Å²) >= 11 is 3.45. The van der Waals surface area contributed by atoms with Gasteiger partial charge in [-0.25, -0.2) is 0 Å². The lowest BCUT2D eigenvalue weighted by molar-refractivity contribution is 0.364. The van der Waals surface area contributed by atoms with Crippen LogP contribution < -0.4 is 10.6 Å². The zero-order chi connectivity index (χ0) is 11.7. The summed E-state index contributed by atoms with van der Waals surface area (Å²) in [6.45, 7) is 5.74. The second-order valence-corrected chi connectivity index (χ2v) is 5.67. The SMILES string of the molecule is CC1CCCN(c2ccc(Br)cc2N)C1C. The van der Waals surface area contributed by atoms with Crippen LogP contribution in [0.25, 0.3) is 0 Å². The number of hydrogen-bond donors (Lipinski definition) is 1. The van der Waals surface area contributed by atoms with Crippen molar-refractivity contribution in [3.63, 3.8) is 0 Å². The zero-order valence-electron chi connectivity index (χ0n) is 9.91. The fraction of sp³-hybridized carbons (Fsp3) is 0.538. The van der Waals surface area contributed by atoms with Crippen LogP contribution >= 0.6 is 15.9 Å². The molecule has 0 saturated carbocycles. The minimum Gasteiger partial charge on any atom is -0.397 e. The summed E-state index contributed by atoms with van der Waals surface area (Å²) in [6.07, 6.45) is 2.59. The topological polar surface area (TPSA) is 29.3 Å². The summed E-state index contributed by atoms with van der Waals surface area (Å²) in [7, 11) is 0. The molecule has 0 aromatic heterocycles. The van der Waals surface area contributed by atoms with Gasteiger partial charge in [-0.15, -0.1) is 0 Å². The third kappa shape index (κ3) is 2.19. The lowest BCUT2D eigenvalue weighted by atomic mass is 9.91. The maximum Gasteiger partial charge on any atom is 0.0603 e. The van der Waals surface area contributed by atoms with Gasteiger partial charge < -0.3 is 10.6 Å². The van der Waals surface area contributed by atoms with E-state index < -0.39 is 0 Å². The molecule has 2 atom stereocenters. The van der Waals surface area contributed by atoms with Crippen LogP contribution in [0.2, 0.25) is 0 Å². The quantitative estimate of drug-likeness (QED) is 0.797. The van der Waals surface area contributed by atoms with Crippen LogP contribution in [-0.4, -0.2) is 12.6 Å². The minimum absolute atomic E-state index is 0.581. The molecule has 2 rings (SSSR count). The van der Waals surface area contributed by atoms with Crippen LogP contribution in [0.1, 0.15) is 26.7 Å². The van der Waals surface area contributed by atoms with Gasteiger partial charge in [0.05, 0.1) is 11.4 Å². The second-order valence-electron chi connectivity index (χ2n) is 4.76. The van der Waals surface area contributed by atoms with Gasteiger partial charge in [-0.3, -0.25) is 0 Å². The van der Waals surface area contributed by atoms with Crippen LogP contribution in [0.5, 0.6) is 0 Å². The molecule has 2 nitrogen and oxygen atoms in total. The number of rotatable bonds is 1. The maximum atomic E-state index is 6.09. The minimum atomic E-state index is 0.581. The molecule has 3 heteroatoms. The highest BCUT2D eigenvalue weighted by molar-refractivity contribution is 9.10. The molecule has 1 aliphatic heterocycles. The third-order valence-corrected chi connectivity index (χ3v) is 4.17. The van der Waals surface area contributed by atoms with E-state index in [1.165, 1.54) is 18.5 Å². The van der Waals surface area contributed by atoms with Crippen LogP contribution in [0.4, 0.5) is 11.4 Å². The first kappa shape index (κ1) is 11.8. The monoisotopic (exact) mass is 282 g/mol. The smallest absolute Gasteiger partial charge is 0.0603 e. The van der Waals surface area contributed by atoms with Crippen molar-refractivity contribution < 1.29 is 0 Å². The Morgan fingerprint density at radius 3 is 2.81 bits per heavy atom. The van der Waals surface area contributed by atoms with Crippen molar-refractivity contribution in [1.29, 1.82) is 0 Å². The number of benzene rings is 1. The Balaban J connectivity index is 2.29. The number of halogens is 1. The summed E-state index contributed by atoms with van der Waals surface area (Å²) < 4.78 is 1.05. The van der Waals surface area contributed by atoms with Gasteiger partial charge in [0, 0.05) is 17.1 Å². The summed E-state index contributed by atoms with van der Waals surface area (Å²) in [5.41, 5.74) is 8.14. The molecule has 16 heavy (non-hydrogen) atoms. The summed E-state index contributed by atoms with van der Waals surface area (Å²) in [6, 6.07) is 6.75. The fourth-order valence-corrected chi connectivity index (χ4v) is 2.84. The first-order chi connectivity index (χ1) is 7.59. The summed E-state index contributed by atoms with van der Waals surface area (Å²) in [5.74, 6) is 0.747. The Morgan fingerprint density at radius 1 is 1.38 bits per heavy atom. The van der Waals surface area contributed by atoms with E-state index in [0.717, 1.165) is 22.6 Å². The van der Waals surface area contributed by atoms with E-state index in [0.29, 0.717) is 6.04 Å². The van der Waals surface area contributed by atoms with Gasteiger partial charge in [0.15, 0.2) is 0 Å². The van der Waals surface area contributed by atoms with Gasteiger partial charge in [-0.05, 0) is 43.9 Å². The highest BCUT2D eigenvalue weighted by Crippen LogP contribution is 2.33. The third-order valence-electron chi connectivity index (χ3n) is 3.67. The van der Waals surface area contributed by atoms with E-state index >= 15 is 0 Å². The average Bonchev–Trinajstić information content (AvgIpc) is 2.23. The lowest BCUT2D eigenvalue weighted by Gasteiger charge is -2.40. The van der Waals surface area contributed by atoms with Gasteiger partial charge in [0.1, 0.15) is 0 Å². The molecule has 0 aliphatic carbocycles. The van der Waals surface area contributed by atoms with Crippen molar-refractivity contribution in [3.05, 3.63) is 22.7 Å². The van der Waals surface area contributed by atoms with Gasteiger partial charge >= 0.3 is 0 Å². The number of nitrogen functional groups attached to an aromatic ring is 1. The number of hydrogen-bond acceptors (Lipinski definition) is 2. The lowest BCUT2D eigenvalue weighted by Crippen LogP contribution is -2.42. The second kappa shape index (κ2) is 4.66. The molecule has 1 heterocycles. The molecular formula is C13H19BrN2. The largest absolute Gasteiger partial charge is 0.397 e. The van der Waals surface area contributed by atoms with E-state index in [1.807, 2.05) is 6.07 Å². The molecule has 0 amide bonds. The van der Waals surface area contributed by atoms with Crippen LogP contribution in [0, 0.1) is 5.92 Å². The first-order valence-corrected chi connectivity index (χ1v) is 6.70. The van der Waals surface area contributed by atoms with Crippen molar-refractivity contribution >= 4 is 27.3 Å². The standard InChI is InChI=1S/C13H19BrN2/c1-9-4-3-7-16(10(9)2)13-6-5-11(14)8-12(13)15/h5-6,8-10H,3-4,7,15H2,1-2H3. The molecule has 2 unspecified atom stereocenters. The molecule has 88 valence electrons.